The van der Waals surface area contributed by atoms with E-state index in [4.69, 9.17) is 0 Å². The average Bonchev–Trinajstić information content (AvgIpc) is 3.22. The van der Waals surface area contributed by atoms with Crippen LogP contribution >= 0.6 is 0 Å². The fourth-order valence-electron chi connectivity index (χ4n) is 3.58. The number of hydrogen-bond acceptors (Lipinski definition) is 8. The highest BCUT2D eigenvalue weighted by molar-refractivity contribution is 7.89. The Bertz CT molecular complexity index is 938. The SMILES string of the molecule is CNC1CN(c2nc(NCCS(=O)(=O)NC3CCCC3)n3nc(F)cc3n2)C1. The molecule has 4 rings (SSSR count). The van der Waals surface area contributed by atoms with Gasteiger partial charge in [0.15, 0.2) is 5.65 Å². The van der Waals surface area contributed by atoms with Crippen LogP contribution in [0.1, 0.15) is 25.7 Å². The summed E-state index contributed by atoms with van der Waals surface area (Å²) in [6.07, 6.45) is 3.89. The number of nitrogens with zero attached hydrogens (tertiary/aromatic N) is 5. The van der Waals surface area contributed by atoms with E-state index in [1.165, 1.54) is 10.6 Å². The summed E-state index contributed by atoms with van der Waals surface area (Å²) in [5.74, 6) is -0.0254. The van der Waals surface area contributed by atoms with Crippen LogP contribution in [0, 0.1) is 5.95 Å². The largest absolute Gasteiger partial charge is 0.353 e. The van der Waals surface area contributed by atoms with Crippen LogP contribution in [-0.4, -0.2) is 72.5 Å². The first-order chi connectivity index (χ1) is 13.4. The highest BCUT2D eigenvalue weighted by Gasteiger charge is 2.28. The Morgan fingerprint density at radius 2 is 1.96 bits per heavy atom. The van der Waals surface area contributed by atoms with Crippen molar-refractivity contribution in [1.29, 1.82) is 0 Å². The second kappa shape index (κ2) is 7.76. The normalized spacial score (nSPS) is 18.7. The van der Waals surface area contributed by atoms with Crippen molar-refractivity contribution >= 4 is 27.6 Å². The lowest BCUT2D eigenvalue weighted by molar-refractivity contribution is 0.443. The molecule has 2 aliphatic rings. The van der Waals surface area contributed by atoms with Crippen LogP contribution in [0.3, 0.4) is 0 Å². The first kappa shape index (κ1) is 19.3. The van der Waals surface area contributed by atoms with Gasteiger partial charge >= 0.3 is 0 Å². The van der Waals surface area contributed by atoms with Crippen LogP contribution in [-0.2, 0) is 10.0 Å². The van der Waals surface area contributed by atoms with Crippen molar-refractivity contribution in [3.05, 3.63) is 12.0 Å². The van der Waals surface area contributed by atoms with Crippen LogP contribution in [0.25, 0.3) is 5.65 Å². The minimum absolute atomic E-state index is 0.0362. The summed E-state index contributed by atoms with van der Waals surface area (Å²) < 4.78 is 42.2. The second-order valence-corrected chi connectivity index (χ2v) is 9.19. The van der Waals surface area contributed by atoms with Crippen molar-refractivity contribution in [2.75, 3.05) is 42.7 Å². The molecule has 1 aliphatic heterocycles. The van der Waals surface area contributed by atoms with Crippen LogP contribution in [0.15, 0.2) is 6.07 Å². The molecule has 2 fully saturated rings. The number of halogens is 1. The van der Waals surface area contributed by atoms with Gasteiger partial charge in [-0.1, -0.05) is 12.8 Å². The zero-order valence-electron chi connectivity index (χ0n) is 15.7. The quantitative estimate of drug-likeness (QED) is 0.552. The van der Waals surface area contributed by atoms with Crippen LogP contribution in [0.5, 0.6) is 0 Å². The molecule has 0 amide bonds. The van der Waals surface area contributed by atoms with Crippen molar-refractivity contribution in [3.63, 3.8) is 0 Å². The number of aromatic nitrogens is 4. The van der Waals surface area contributed by atoms with Gasteiger partial charge in [-0.2, -0.15) is 18.9 Å². The molecule has 3 heterocycles. The number of rotatable bonds is 8. The number of anilines is 2. The maximum absolute atomic E-state index is 13.6. The summed E-state index contributed by atoms with van der Waals surface area (Å²) >= 11 is 0. The Morgan fingerprint density at radius 3 is 2.68 bits per heavy atom. The molecule has 28 heavy (non-hydrogen) atoms. The second-order valence-electron chi connectivity index (χ2n) is 7.32. The third kappa shape index (κ3) is 4.18. The highest BCUT2D eigenvalue weighted by atomic mass is 32.2. The molecular formula is C16H25FN8O2S. The Kier molecular flexibility index (Phi) is 5.34. The molecule has 10 nitrogen and oxygen atoms in total. The molecule has 0 bridgehead atoms. The fraction of sp³-hybridized carbons (Fsp3) is 0.688. The first-order valence-electron chi connectivity index (χ1n) is 9.53. The van der Waals surface area contributed by atoms with E-state index in [9.17, 15) is 12.8 Å². The molecule has 0 unspecified atom stereocenters. The van der Waals surface area contributed by atoms with Crippen molar-refractivity contribution in [1.82, 2.24) is 29.6 Å². The molecule has 1 aliphatic carbocycles. The van der Waals surface area contributed by atoms with Crippen LogP contribution < -0.4 is 20.3 Å². The van der Waals surface area contributed by atoms with E-state index in [1.54, 1.807) is 0 Å². The van der Waals surface area contributed by atoms with Gasteiger partial charge in [-0.15, -0.1) is 5.10 Å². The zero-order chi connectivity index (χ0) is 19.7. The predicted octanol–water partition coefficient (Wildman–Crippen LogP) is -0.0547. The molecule has 0 atom stereocenters. The van der Waals surface area contributed by atoms with E-state index in [1.807, 2.05) is 11.9 Å². The number of sulfonamides is 1. The Morgan fingerprint density at radius 1 is 1.21 bits per heavy atom. The standard InChI is InChI=1S/C16H25FN8O2S/c1-18-12-9-24(10-12)16-20-14-8-13(17)22-25(14)15(21-16)19-6-7-28(26,27)23-11-4-2-3-5-11/h8,11-12,18,23H,2-7,9-10H2,1H3,(H,19,20,21). The molecule has 2 aromatic rings. The lowest BCUT2D eigenvalue weighted by atomic mass is 10.1. The minimum Gasteiger partial charge on any atom is -0.353 e. The van der Waals surface area contributed by atoms with Crippen LogP contribution in [0.4, 0.5) is 16.3 Å². The summed E-state index contributed by atoms with van der Waals surface area (Å²) in [7, 11) is -1.50. The van der Waals surface area contributed by atoms with E-state index in [0.717, 1.165) is 38.8 Å². The lowest BCUT2D eigenvalue weighted by Crippen LogP contribution is -2.57. The Labute approximate surface area is 163 Å². The van der Waals surface area contributed by atoms with Gasteiger partial charge in [0.2, 0.25) is 27.9 Å². The summed E-state index contributed by atoms with van der Waals surface area (Å²) in [6.45, 7) is 1.64. The van der Waals surface area contributed by atoms with Gasteiger partial charge in [-0.05, 0) is 19.9 Å². The average molecular weight is 412 g/mol. The summed E-state index contributed by atoms with van der Waals surface area (Å²) in [5, 5.41) is 9.90. The topological polar surface area (TPSA) is 117 Å². The molecular weight excluding hydrogens is 387 g/mol. The van der Waals surface area contributed by atoms with Crippen LogP contribution in [0.2, 0.25) is 0 Å². The van der Waals surface area contributed by atoms with Gasteiger partial charge in [0.05, 0.1) is 5.75 Å². The van der Waals surface area contributed by atoms with E-state index < -0.39 is 16.0 Å². The monoisotopic (exact) mass is 412 g/mol. The predicted molar refractivity (Wildman–Crippen MR) is 103 cm³/mol. The zero-order valence-corrected chi connectivity index (χ0v) is 16.5. The Hall–Kier alpha value is -2.05. The summed E-state index contributed by atoms with van der Waals surface area (Å²) in [4.78, 5) is 10.7. The van der Waals surface area contributed by atoms with Crippen molar-refractivity contribution in [2.24, 2.45) is 0 Å². The van der Waals surface area contributed by atoms with Gasteiger partial charge in [0, 0.05) is 37.8 Å². The van der Waals surface area contributed by atoms with E-state index >= 15 is 0 Å². The molecule has 2 aromatic heterocycles. The van der Waals surface area contributed by atoms with Gasteiger partial charge in [0.25, 0.3) is 0 Å². The number of hydrogen-bond donors (Lipinski definition) is 3. The van der Waals surface area contributed by atoms with Gasteiger partial charge in [-0.3, -0.25) is 0 Å². The third-order valence-corrected chi connectivity index (χ3v) is 6.64. The molecule has 154 valence electrons. The number of likely N-dealkylation sites (N-methyl/N-ethyl adjacent to an activating group) is 1. The maximum atomic E-state index is 13.6. The highest BCUT2D eigenvalue weighted by Crippen LogP contribution is 2.21. The lowest BCUT2D eigenvalue weighted by Gasteiger charge is -2.39. The van der Waals surface area contributed by atoms with E-state index in [-0.39, 0.29) is 24.3 Å². The van der Waals surface area contributed by atoms with E-state index in [2.05, 4.69) is 30.4 Å². The minimum atomic E-state index is -3.39. The molecule has 12 heteroatoms. The number of fused-ring (bicyclic) bond motifs is 1. The first-order valence-corrected chi connectivity index (χ1v) is 11.2. The van der Waals surface area contributed by atoms with Gasteiger partial charge in [0.1, 0.15) is 0 Å². The van der Waals surface area contributed by atoms with Crippen molar-refractivity contribution < 1.29 is 12.8 Å². The number of nitrogens with one attached hydrogen (secondary N) is 3. The van der Waals surface area contributed by atoms with Crippen molar-refractivity contribution in [3.8, 4) is 0 Å². The molecule has 1 saturated carbocycles. The molecule has 1 saturated heterocycles. The van der Waals surface area contributed by atoms with E-state index in [0.29, 0.717) is 17.6 Å². The maximum Gasteiger partial charge on any atom is 0.235 e. The Balaban J connectivity index is 1.45. The van der Waals surface area contributed by atoms with Gasteiger partial charge in [-0.25, -0.2) is 13.1 Å². The molecule has 0 radical (unpaired) electrons. The smallest absolute Gasteiger partial charge is 0.235 e. The molecule has 0 aromatic carbocycles. The summed E-state index contributed by atoms with van der Waals surface area (Å²) in [5.41, 5.74) is 0.324. The van der Waals surface area contributed by atoms with Crippen molar-refractivity contribution in [2.45, 2.75) is 37.8 Å². The molecule has 3 N–H and O–H groups in total. The fourth-order valence-corrected chi connectivity index (χ4v) is 4.81. The third-order valence-electron chi connectivity index (χ3n) is 5.21. The summed E-state index contributed by atoms with van der Waals surface area (Å²) in [6, 6.07) is 1.63. The van der Waals surface area contributed by atoms with Gasteiger partial charge < -0.3 is 15.5 Å². The molecule has 0 spiro atoms.